The third-order valence-electron chi connectivity index (χ3n) is 4.71. The molecule has 0 N–H and O–H groups in total. The van der Waals surface area contributed by atoms with Gasteiger partial charge < -0.3 is 9.42 Å². The van der Waals surface area contributed by atoms with Gasteiger partial charge in [0.1, 0.15) is 0 Å². The maximum absolute atomic E-state index is 12.6. The third kappa shape index (κ3) is 4.79. The van der Waals surface area contributed by atoms with E-state index < -0.39 is 0 Å². The van der Waals surface area contributed by atoms with Crippen LogP contribution in [0.2, 0.25) is 0 Å². The van der Waals surface area contributed by atoms with Crippen LogP contribution < -0.4 is 0 Å². The van der Waals surface area contributed by atoms with Crippen LogP contribution in [0, 0.1) is 5.92 Å². The monoisotopic (exact) mass is 336 g/mol. The van der Waals surface area contributed by atoms with E-state index >= 15 is 0 Å². The standard InChI is InChI=1S/C18H32N4O2/c1-6-14(7-2)16(23)22-10-8-9-21(11-12-22)13-15-19-17(24-20-15)18(3,4)5/h14H,6-13H2,1-5H3. The first-order valence-electron chi connectivity index (χ1n) is 9.19. The molecule has 0 atom stereocenters. The molecule has 24 heavy (non-hydrogen) atoms. The highest BCUT2D eigenvalue weighted by Crippen LogP contribution is 2.20. The van der Waals surface area contributed by atoms with E-state index in [1.807, 2.05) is 4.90 Å². The summed E-state index contributed by atoms with van der Waals surface area (Å²) >= 11 is 0. The first kappa shape index (κ1) is 18.9. The Morgan fingerprint density at radius 3 is 2.46 bits per heavy atom. The highest BCUT2D eigenvalue weighted by molar-refractivity contribution is 5.78. The molecule has 1 aliphatic rings. The van der Waals surface area contributed by atoms with E-state index in [-0.39, 0.29) is 11.3 Å². The zero-order valence-corrected chi connectivity index (χ0v) is 15.8. The molecule has 0 spiro atoms. The van der Waals surface area contributed by atoms with Gasteiger partial charge in [-0.25, -0.2) is 0 Å². The number of hydrogen-bond acceptors (Lipinski definition) is 5. The van der Waals surface area contributed by atoms with Crippen molar-refractivity contribution in [3.8, 4) is 0 Å². The van der Waals surface area contributed by atoms with Gasteiger partial charge in [0.2, 0.25) is 11.8 Å². The molecule has 0 aromatic carbocycles. The minimum absolute atomic E-state index is 0.122. The summed E-state index contributed by atoms with van der Waals surface area (Å²) in [6.45, 7) is 14.6. The lowest BCUT2D eigenvalue weighted by Gasteiger charge is -2.25. The van der Waals surface area contributed by atoms with Crippen LogP contribution >= 0.6 is 0 Å². The van der Waals surface area contributed by atoms with E-state index in [0.29, 0.717) is 18.3 Å². The fourth-order valence-electron chi connectivity index (χ4n) is 3.07. The van der Waals surface area contributed by atoms with Gasteiger partial charge in [0.05, 0.1) is 6.54 Å². The number of carbonyl (C=O) groups is 1. The number of nitrogens with zero attached hydrogens (tertiary/aromatic N) is 4. The normalized spacial score (nSPS) is 17.3. The number of carbonyl (C=O) groups excluding carboxylic acids is 1. The Hall–Kier alpha value is -1.43. The van der Waals surface area contributed by atoms with Gasteiger partial charge in [0.25, 0.3) is 0 Å². The number of amides is 1. The van der Waals surface area contributed by atoms with Crippen LogP contribution in [0.4, 0.5) is 0 Å². The van der Waals surface area contributed by atoms with Crippen molar-refractivity contribution in [2.24, 2.45) is 5.92 Å². The second-order valence-electron chi connectivity index (χ2n) is 7.73. The molecule has 0 bridgehead atoms. The Morgan fingerprint density at radius 2 is 1.88 bits per heavy atom. The molecule has 2 heterocycles. The molecule has 6 nitrogen and oxygen atoms in total. The van der Waals surface area contributed by atoms with Crippen molar-refractivity contribution in [1.29, 1.82) is 0 Å². The summed E-state index contributed by atoms with van der Waals surface area (Å²) in [7, 11) is 0. The van der Waals surface area contributed by atoms with Gasteiger partial charge in [-0.2, -0.15) is 4.98 Å². The smallest absolute Gasteiger partial charge is 0.232 e. The molecule has 136 valence electrons. The van der Waals surface area contributed by atoms with Crippen molar-refractivity contribution in [3.05, 3.63) is 11.7 Å². The average molecular weight is 336 g/mol. The minimum Gasteiger partial charge on any atom is -0.341 e. The highest BCUT2D eigenvalue weighted by Gasteiger charge is 2.25. The molecule has 1 amide bonds. The summed E-state index contributed by atoms with van der Waals surface area (Å²) in [4.78, 5) is 21.4. The van der Waals surface area contributed by atoms with Gasteiger partial charge in [-0.15, -0.1) is 0 Å². The molecule has 1 aromatic rings. The Kier molecular flexibility index (Phi) is 6.38. The SMILES string of the molecule is CCC(CC)C(=O)N1CCCN(Cc2noc(C(C)(C)C)n2)CC1. The zero-order valence-electron chi connectivity index (χ0n) is 15.8. The molecular weight excluding hydrogens is 304 g/mol. The molecule has 0 radical (unpaired) electrons. The van der Waals surface area contributed by atoms with E-state index in [4.69, 9.17) is 4.52 Å². The van der Waals surface area contributed by atoms with E-state index in [2.05, 4.69) is 49.7 Å². The van der Waals surface area contributed by atoms with Gasteiger partial charge in [0.15, 0.2) is 5.82 Å². The van der Waals surface area contributed by atoms with Crippen molar-refractivity contribution in [2.75, 3.05) is 26.2 Å². The molecule has 0 saturated carbocycles. The highest BCUT2D eigenvalue weighted by atomic mass is 16.5. The third-order valence-corrected chi connectivity index (χ3v) is 4.71. The first-order valence-corrected chi connectivity index (χ1v) is 9.19. The number of aromatic nitrogens is 2. The van der Waals surface area contributed by atoms with Crippen LogP contribution in [0.1, 0.15) is 65.6 Å². The fourth-order valence-corrected chi connectivity index (χ4v) is 3.07. The molecule has 1 saturated heterocycles. The summed E-state index contributed by atoms with van der Waals surface area (Å²) in [6, 6.07) is 0. The van der Waals surface area contributed by atoms with Gasteiger partial charge in [-0.3, -0.25) is 9.69 Å². The second kappa shape index (κ2) is 8.10. The van der Waals surface area contributed by atoms with Gasteiger partial charge >= 0.3 is 0 Å². The van der Waals surface area contributed by atoms with Crippen molar-refractivity contribution in [1.82, 2.24) is 19.9 Å². The van der Waals surface area contributed by atoms with Crippen LogP contribution in [0.15, 0.2) is 4.52 Å². The number of rotatable bonds is 5. The maximum atomic E-state index is 12.6. The largest absolute Gasteiger partial charge is 0.341 e. The van der Waals surface area contributed by atoms with Crippen LogP contribution in [-0.2, 0) is 16.8 Å². The van der Waals surface area contributed by atoms with E-state index in [1.165, 1.54) is 0 Å². The van der Waals surface area contributed by atoms with Crippen LogP contribution in [0.5, 0.6) is 0 Å². The van der Waals surface area contributed by atoms with Gasteiger partial charge in [0, 0.05) is 37.5 Å². The fraction of sp³-hybridized carbons (Fsp3) is 0.833. The summed E-state index contributed by atoms with van der Waals surface area (Å²) in [6.07, 6.45) is 2.85. The van der Waals surface area contributed by atoms with Crippen LogP contribution in [-0.4, -0.2) is 52.0 Å². The molecule has 0 aliphatic carbocycles. The quantitative estimate of drug-likeness (QED) is 0.827. The lowest BCUT2D eigenvalue weighted by atomic mass is 9.97. The van der Waals surface area contributed by atoms with Gasteiger partial charge in [-0.05, 0) is 19.3 Å². The minimum atomic E-state index is -0.122. The Morgan fingerprint density at radius 1 is 1.17 bits per heavy atom. The van der Waals surface area contributed by atoms with Crippen molar-refractivity contribution in [3.63, 3.8) is 0 Å². The number of hydrogen-bond donors (Lipinski definition) is 0. The lowest BCUT2D eigenvalue weighted by molar-refractivity contribution is -0.135. The summed E-state index contributed by atoms with van der Waals surface area (Å²) < 4.78 is 5.37. The lowest BCUT2D eigenvalue weighted by Crippen LogP contribution is -2.38. The molecule has 6 heteroatoms. The molecule has 0 unspecified atom stereocenters. The van der Waals surface area contributed by atoms with Crippen molar-refractivity contribution in [2.45, 2.75) is 65.8 Å². The predicted molar refractivity (Wildman–Crippen MR) is 93.5 cm³/mol. The Bertz CT molecular complexity index is 531. The zero-order chi connectivity index (χ0) is 17.7. The van der Waals surface area contributed by atoms with Crippen molar-refractivity contribution < 1.29 is 9.32 Å². The molecule has 1 fully saturated rings. The van der Waals surface area contributed by atoms with E-state index in [9.17, 15) is 4.79 Å². The molecule has 1 aliphatic heterocycles. The second-order valence-corrected chi connectivity index (χ2v) is 7.73. The maximum Gasteiger partial charge on any atom is 0.232 e. The topological polar surface area (TPSA) is 62.5 Å². The van der Waals surface area contributed by atoms with Gasteiger partial charge in [-0.1, -0.05) is 39.8 Å². The molecule has 2 rings (SSSR count). The molecule has 1 aromatic heterocycles. The van der Waals surface area contributed by atoms with Crippen molar-refractivity contribution >= 4 is 5.91 Å². The average Bonchev–Trinajstić information content (AvgIpc) is 2.88. The summed E-state index contributed by atoms with van der Waals surface area (Å²) in [5.41, 5.74) is -0.122. The molecular formula is C18H32N4O2. The summed E-state index contributed by atoms with van der Waals surface area (Å²) in [5.74, 6) is 1.90. The first-order chi connectivity index (χ1) is 11.3. The van der Waals surface area contributed by atoms with Crippen LogP contribution in [0.3, 0.4) is 0 Å². The Balaban J connectivity index is 1.91. The Labute approximate surface area is 145 Å². The summed E-state index contributed by atoms with van der Waals surface area (Å²) in [5, 5.41) is 4.11. The van der Waals surface area contributed by atoms with E-state index in [1.54, 1.807) is 0 Å². The van der Waals surface area contributed by atoms with Crippen LogP contribution in [0.25, 0.3) is 0 Å². The van der Waals surface area contributed by atoms with E-state index in [0.717, 1.165) is 51.3 Å². The predicted octanol–water partition coefficient (Wildman–Crippen LogP) is 2.84.